The van der Waals surface area contributed by atoms with Crippen molar-refractivity contribution in [2.75, 3.05) is 5.32 Å². The van der Waals surface area contributed by atoms with E-state index in [2.05, 4.69) is 31.7 Å². The number of H-pyrrole nitrogens is 1. The number of benzene rings is 1. The van der Waals surface area contributed by atoms with Crippen molar-refractivity contribution in [1.29, 1.82) is 0 Å². The van der Waals surface area contributed by atoms with Crippen LogP contribution in [0.5, 0.6) is 0 Å². The summed E-state index contributed by atoms with van der Waals surface area (Å²) in [7, 11) is 0. The maximum absolute atomic E-state index is 12.5. The van der Waals surface area contributed by atoms with Gasteiger partial charge in [-0.2, -0.15) is 14.9 Å². The molecule has 4 aromatic rings. The molecule has 1 aliphatic heterocycles. The molecule has 0 aliphatic carbocycles. The van der Waals surface area contributed by atoms with Crippen LogP contribution in [0.15, 0.2) is 53.5 Å². The van der Waals surface area contributed by atoms with Gasteiger partial charge in [0.25, 0.3) is 5.56 Å². The molecule has 2 N–H and O–H groups in total. The highest BCUT2D eigenvalue weighted by molar-refractivity contribution is 5.95. The molecule has 0 bridgehead atoms. The van der Waals surface area contributed by atoms with E-state index in [1.165, 1.54) is 6.07 Å². The largest absolute Gasteiger partial charge is 0.310 e. The van der Waals surface area contributed by atoms with E-state index < -0.39 is 0 Å². The first-order chi connectivity index (χ1) is 13.6. The predicted octanol–water partition coefficient (Wildman–Crippen LogP) is 2.29. The summed E-state index contributed by atoms with van der Waals surface area (Å²) in [5.41, 5.74) is 3.41. The predicted molar refractivity (Wildman–Crippen MR) is 104 cm³/mol. The number of amides is 1. The Labute approximate surface area is 159 Å². The highest BCUT2D eigenvalue weighted by atomic mass is 16.1. The number of carbonyl (C=O) groups excluding carboxylic acids is 1. The maximum atomic E-state index is 12.5. The van der Waals surface area contributed by atoms with Gasteiger partial charge in [-0.05, 0) is 36.8 Å². The molecule has 5 rings (SSSR count). The Hall–Kier alpha value is -3.81. The topological polar surface area (TPSA) is 106 Å². The average molecular weight is 372 g/mol. The van der Waals surface area contributed by atoms with Crippen molar-refractivity contribution in [3.63, 3.8) is 0 Å². The number of aromatic amines is 1. The van der Waals surface area contributed by atoms with Crippen molar-refractivity contribution >= 4 is 22.6 Å². The molecule has 0 spiro atoms. The number of hydrogen-bond acceptors (Lipinski definition) is 5. The van der Waals surface area contributed by atoms with Crippen LogP contribution in [0.3, 0.4) is 0 Å². The van der Waals surface area contributed by atoms with Gasteiger partial charge in [0.1, 0.15) is 5.82 Å². The van der Waals surface area contributed by atoms with Crippen molar-refractivity contribution in [2.24, 2.45) is 0 Å². The van der Waals surface area contributed by atoms with Crippen molar-refractivity contribution in [1.82, 2.24) is 25.0 Å². The molecule has 0 saturated heterocycles. The molecular formula is C20H16N6O2. The van der Waals surface area contributed by atoms with Crippen LogP contribution in [0.2, 0.25) is 0 Å². The molecule has 0 saturated carbocycles. The lowest BCUT2D eigenvalue weighted by Crippen LogP contribution is -2.25. The van der Waals surface area contributed by atoms with Gasteiger partial charge in [0.05, 0.1) is 11.2 Å². The third kappa shape index (κ3) is 2.58. The van der Waals surface area contributed by atoms with E-state index in [-0.39, 0.29) is 17.4 Å². The van der Waals surface area contributed by atoms with Crippen molar-refractivity contribution < 1.29 is 4.79 Å². The van der Waals surface area contributed by atoms with Crippen LogP contribution in [0, 0.1) is 6.92 Å². The lowest BCUT2D eigenvalue weighted by atomic mass is 9.85. The Bertz CT molecular complexity index is 1270. The Morgan fingerprint density at radius 1 is 1.14 bits per heavy atom. The fourth-order valence-electron chi connectivity index (χ4n) is 3.76. The molecule has 8 nitrogen and oxygen atoms in total. The summed E-state index contributed by atoms with van der Waals surface area (Å²) in [5, 5.41) is 15.0. The molecule has 0 fully saturated rings. The average Bonchev–Trinajstić information content (AvgIpc) is 3.04. The fourth-order valence-corrected chi connectivity index (χ4v) is 3.76. The molecule has 4 heterocycles. The zero-order valence-corrected chi connectivity index (χ0v) is 15.0. The third-order valence-corrected chi connectivity index (χ3v) is 5.01. The summed E-state index contributed by atoms with van der Waals surface area (Å²) in [6.07, 6.45) is 2.10. The molecule has 1 amide bonds. The van der Waals surface area contributed by atoms with Crippen LogP contribution in [0.25, 0.3) is 16.7 Å². The first-order valence-corrected chi connectivity index (χ1v) is 8.90. The van der Waals surface area contributed by atoms with Gasteiger partial charge in [0.15, 0.2) is 5.82 Å². The van der Waals surface area contributed by atoms with E-state index in [1.807, 2.05) is 31.2 Å². The molecule has 138 valence electrons. The Kier molecular flexibility index (Phi) is 3.58. The van der Waals surface area contributed by atoms with E-state index in [4.69, 9.17) is 0 Å². The zero-order valence-electron chi connectivity index (χ0n) is 15.0. The van der Waals surface area contributed by atoms with E-state index in [1.54, 1.807) is 16.9 Å². The van der Waals surface area contributed by atoms with Gasteiger partial charge in [0, 0.05) is 35.6 Å². The second kappa shape index (κ2) is 6.12. The van der Waals surface area contributed by atoms with Gasteiger partial charge in [-0.25, -0.2) is 5.10 Å². The van der Waals surface area contributed by atoms with E-state index in [9.17, 15) is 9.59 Å². The first kappa shape index (κ1) is 16.4. The number of pyridine rings is 1. The number of carbonyl (C=O) groups is 1. The molecule has 1 atom stereocenters. The van der Waals surface area contributed by atoms with Gasteiger partial charge < -0.3 is 5.32 Å². The Morgan fingerprint density at radius 3 is 2.86 bits per heavy atom. The normalized spacial score (nSPS) is 16.0. The number of nitrogens with one attached hydrogen (secondary N) is 2. The molecular weight excluding hydrogens is 356 g/mol. The Balaban J connectivity index is 1.67. The molecule has 28 heavy (non-hydrogen) atoms. The highest BCUT2D eigenvalue weighted by Gasteiger charge is 2.33. The van der Waals surface area contributed by atoms with Crippen molar-refractivity contribution in [2.45, 2.75) is 19.3 Å². The number of rotatable bonds is 2. The van der Waals surface area contributed by atoms with Gasteiger partial charge in [-0.1, -0.05) is 12.1 Å². The number of aryl methyl sites for hydroxylation is 1. The Morgan fingerprint density at radius 2 is 2.04 bits per heavy atom. The lowest BCUT2D eigenvalue weighted by molar-refractivity contribution is -0.116. The van der Waals surface area contributed by atoms with Gasteiger partial charge in [-0.15, -0.1) is 0 Å². The number of nitrogens with zero attached hydrogens (tertiary/aromatic N) is 4. The minimum atomic E-state index is -0.298. The van der Waals surface area contributed by atoms with Gasteiger partial charge in [-0.3, -0.25) is 14.6 Å². The van der Waals surface area contributed by atoms with E-state index >= 15 is 0 Å². The van der Waals surface area contributed by atoms with Crippen LogP contribution in [0.4, 0.5) is 5.82 Å². The summed E-state index contributed by atoms with van der Waals surface area (Å²) in [6.45, 7) is 1.91. The minimum absolute atomic E-state index is 0.0886. The number of aromatic nitrogens is 5. The number of anilines is 1. The van der Waals surface area contributed by atoms with E-state index in [0.717, 1.165) is 27.7 Å². The maximum Gasteiger partial charge on any atom is 0.264 e. The quantitative estimate of drug-likeness (QED) is 0.562. The van der Waals surface area contributed by atoms with Gasteiger partial charge >= 0.3 is 0 Å². The van der Waals surface area contributed by atoms with Crippen LogP contribution in [-0.2, 0) is 4.79 Å². The van der Waals surface area contributed by atoms with Crippen LogP contribution in [0.1, 0.15) is 29.2 Å². The molecule has 1 aromatic carbocycles. The number of hydrogen-bond donors (Lipinski definition) is 2. The number of fused-ring (bicyclic) bond motifs is 2. The second-order valence-corrected chi connectivity index (χ2v) is 6.80. The molecule has 8 heteroatoms. The second-order valence-electron chi connectivity index (χ2n) is 6.80. The summed E-state index contributed by atoms with van der Waals surface area (Å²) in [4.78, 5) is 28.2. The molecule has 0 unspecified atom stereocenters. The first-order valence-electron chi connectivity index (χ1n) is 8.90. The summed E-state index contributed by atoms with van der Waals surface area (Å²) in [6, 6.07) is 12.9. The third-order valence-electron chi connectivity index (χ3n) is 5.01. The smallest absolute Gasteiger partial charge is 0.264 e. The summed E-state index contributed by atoms with van der Waals surface area (Å²) >= 11 is 0. The molecule has 3 aromatic heterocycles. The SMILES string of the molecule is Cc1nn(-c2ccc(=O)[nH]n2)c2c1[C@@H](c1ccc3ncccc3c1)CC(=O)N2. The minimum Gasteiger partial charge on any atom is -0.310 e. The molecule has 0 radical (unpaired) electrons. The lowest BCUT2D eigenvalue weighted by Gasteiger charge is -2.24. The van der Waals surface area contributed by atoms with Crippen LogP contribution >= 0.6 is 0 Å². The highest BCUT2D eigenvalue weighted by Crippen LogP contribution is 2.40. The monoisotopic (exact) mass is 372 g/mol. The van der Waals surface area contributed by atoms with Crippen LogP contribution < -0.4 is 10.9 Å². The van der Waals surface area contributed by atoms with Crippen molar-refractivity contribution in [3.8, 4) is 5.82 Å². The van der Waals surface area contributed by atoms with Gasteiger partial charge in [0.2, 0.25) is 5.91 Å². The standard InChI is InChI=1S/C20H16N6O2/c1-11-19-14(12-4-5-15-13(9-12)3-2-8-21-15)10-18(28)22-20(19)26(25-11)16-6-7-17(27)24-23-16/h2-9,14H,10H2,1H3,(H,22,28)(H,24,27)/t14-/m1/s1. The molecule has 1 aliphatic rings. The van der Waals surface area contributed by atoms with E-state index in [0.29, 0.717) is 18.1 Å². The fraction of sp³-hybridized carbons (Fsp3) is 0.150. The summed E-state index contributed by atoms with van der Waals surface area (Å²) < 4.78 is 1.56. The van der Waals surface area contributed by atoms with Crippen LogP contribution in [-0.4, -0.2) is 30.9 Å². The zero-order chi connectivity index (χ0) is 19.3. The van der Waals surface area contributed by atoms with Crippen molar-refractivity contribution in [3.05, 3.63) is 75.8 Å². The summed E-state index contributed by atoms with van der Waals surface area (Å²) in [5.74, 6) is 0.816.